The highest BCUT2D eigenvalue weighted by Gasteiger charge is 2.34. The molecule has 1 aromatic rings. The van der Waals surface area contributed by atoms with Crippen LogP contribution in [0.3, 0.4) is 0 Å². The minimum Gasteiger partial charge on any atom is -0.165 e. The molecule has 0 nitrogen and oxygen atoms in total. The fourth-order valence-electron chi connectivity index (χ4n) is 3.35. The Bertz CT molecular complexity index is 548. The number of hydrogen-bond donors (Lipinski definition) is 0. The number of hydrogen-bond acceptors (Lipinski definition) is 1. The van der Waals surface area contributed by atoms with Crippen molar-refractivity contribution in [3.8, 4) is 0 Å². The van der Waals surface area contributed by atoms with E-state index in [1.165, 1.54) is 41.5 Å². The van der Waals surface area contributed by atoms with Crippen molar-refractivity contribution in [1.29, 1.82) is 0 Å². The highest BCUT2D eigenvalue weighted by Crippen LogP contribution is 2.47. The van der Waals surface area contributed by atoms with Crippen molar-refractivity contribution in [2.75, 3.05) is 0 Å². The molecular weight excluding hydrogens is 303 g/mol. The normalized spacial score (nSPS) is 16.7. The number of rotatable bonds is 5. The molecule has 0 saturated heterocycles. The highest BCUT2D eigenvalue weighted by atomic mass is 32.2. The summed E-state index contributed by atoms with van der Waals surface area (Å²) in [5.41, 5.74) is 5.71. The van der Waals surface area contributed by atoms with E-state index >= 15 is 0 Å². The molecule has 1 saturated carbocycles. The molecule has 0 atom stereocenters. The van der Waals surface area contributed by atoms with Gasteiger partial charge in [-0.3, -0.25) is 0 Å². The van der Waals surface area contributed by atoms with Crippen LogP contribution in [0.15, 0.2) is 12.1 Å². The first kappa shape index (κ1) is 18.8. The summed E-state index contributed by atoms with van der Waals surface area (Å²) in [5.74, 6) is 1.68. The highest BCUT2D eigenvalue weighted by molar-refractivity contribution is 7.93. The molecule has 0 radical (unpaired) electrons. The van der Waals surface area contributed by atoms with Crippen LogP contribution in [0.1, 0.15) is 95.9 Å². The maximum atomic E-state index is 13.2. The molecular formula is C21H33FS. The van der Waals surface area contributed by atoms with Crippen LogP contribution in [-0.4, -0.2) is 0 Å². The molecule has 2 rings (SSSR count). The minimum atomic E-state index is 0.0929. The van der Waals surface area contributed by atoms with E-state index in [1.807, 2.05) is 0 Å². The second kappa shape index (κ2) is 6.78. The molecule has 0 aromatic heterocycles. The van der Waals surface area contributed by atoms with Gasteiger partial charge in [0.1, 0.15) is 0 Å². The fraction of sp³-hybridized carbons (Fsp3) is 0.714. The molecule has 0 aliphatic heterocycles. The fourth-order valence-corrected chi connectivity index (χ4v) is 3.70. The standard InChI is InChI=1S/C21H33FS/c1-14(2)21(6,7)18-12-17(20(3,4)5)11-16(13-23-22)19(18)15-9-8-10-15/h11-12,14-15H,8-10,13H2,1-7H3. The van der Waals surface area contributed by atoms with Crippen LogP contribution in [0.25, 0.3) is 0 Å². The van der Waals surface area contributed by atoms with Gasteiger partial charge in [-0.25, -0.2) is 0 Å². The van der Waals surface area contributed by atoms with Gasteiger partial charge in [-0.2, -0.15) is 3.89 Å². The van der Waals surface area contributed by atoms with Crippen LogP contribution in [-0.2, 0) is 16.6 Å². The molecule has 23 heavy (non-hydrogen) atoms. The Morgan fingerprint density at radius 1 is 1.13 bits per heavy atom. The van der Waals surface area contributed by atoms with Gasteiger partial charge < -0.3 is 0 Å². The molecule has 1 aliphatic carbocycles. The second-order valence-corrected chi connectivity index (χ2v) is 9.61. The van der Waals surface area contributed by atoms with Crippen molar-refractivity contribution in [3.63, 3.8) is 0 Å². The molecule has 0 heterocycles. The summed E-state index contributed by atoms with van der Waals surface area (Å²) >= 11 is 0.468. The van der Waals surface area contributed by atoms with Crippen LogP contribution in [0.2, 0.25) is 0 Å². The van der Waals surface area contributed by atoms with E-state index < -0.39 is 0 Å². The summed E-state index contributed by atoms with van der Waals surface area (Å²) in [5, 5.41) is 0. The van der Waals surface area contributed by atoms with Crippen LogP contribution in [0.5, 0.6) is 0 Å². The lowest BCUT2D eigenvalue weighted by molar-refractivity contribution is 0.352. The topological polar surface area (TPSA) is 0 Å². The predicted octanol–water partition coefficient (Wildman–Crippen LogP) is 7.30. The summed E-state index contributed by atoms with van der Waals surface area (Å²) in [6, 6.07) is 4.71. The first-order valence-corrected chi connectivity index (χ1v) is 9.89. The van der Waals surface area contributed by atoms with Gasteiger partial charge in [0, 0.05) is 12.1 Å². The van der Waals surface area contributed by atoms with Gasteiger partial charge >= 0.3 is 0 Å². The zero-order valence-corrected chi connectivity index (χ0v) is 16.7. The third kappa shape index (κ3) is 3.78. The van der Waals surface area contributed by atoms with E-state index in [-0.39, 0.29) is 10.8 Å². The lowest BCUT2D eigenvalue weighted by atomic mass is 9.66. The molecule has 0 N–H and O–H groups in total. The van der Waals surface area contributed by atoms with Gasteiger partial charge in [0.25, 0.3) is 0 Å². The molecule has 1 aromatic carbocycles. The van der Waals surface area contributed by atoms with Gasteiger partial charge in [0.2, 0.25) is 0 Å². The van der Waals surface area contributed by atoms with Gasteiger partial charge in [0.05, 0.1) is 5.75 Å². The van der Waals surface area contributed by atoms with E-state index in [0.29, 0.717) is 29.7 Å². The summed E-state index contributed by atoms with van der Waals surface area (Å²) in [6.45, 7) is 16.1. The molecule has 0 bridgehead atoms. The molecule has 0 amide bonds. The maximum Gasteiger partial charge on any atom is 0.0504 e. The second-order valence-electron chi connectivity index (χ2n) is 9.10. The van der Waals surface area contributed by atoms with Crippen molar-refractivity contribution >= 4 is 12.1 Å². The number of benzene rings is 1. The van der Waals surface area contributed by atoms with E-state index in [2.05, 4.69) is 60.6 Å². The Labute approximate surface area is 146 Å². The van der Waals surface area contributed by atoms with E-state index in [1.54, 1.807) is 0 Å². The SMILES string of the molecule is CC(C)C(C)(C)c1cc(C(C)(C)C)cc(CSF)c1C1CCC1. The summed E-state index contributed by atoms with van der Waals surface area (Å²) in [6.07, 6.45) is 3.84. The Morgan fingerprint density at radius 2 is 1.74 bits per heavy atom. The summed E-state index contributed by atoms with van der Waals surface area (Å²) in [4.78, 5) is 0. The quantitative estimate of drug-likeness (QED) is 0.543. The van der Waals surface area contributed by atoms with Crippen molar-refractivity contribution in [1.82, 2.24) is 0 Å². The Morgan fingerprint density at radius 3 is 2.13 bits per heavy atom. The van der Waals surface area contributed by atoms with Crippen molar-refractivity contribution in [3.05, 3.63) is 34.4 Å². The van der Waals surface area contributed by atoms with Crippen molar-refractivity contribution < 1.29 is 3.89 Å². The minimum absolute atomic E-state index is 0.0929. The molecule has 2 heteroatoms. The first-order valence-electron chi connectivity index (χ1n) is 9.00. The third-order valence-corrected chi connectivity index (χ3v) is 6.41. The molecule has 1 fully saturated rings. The first-order chi connectivity index (χ1) is 10.6. The zero-order chi connectivity index (χ0) is 17.4. The van der Waals surface area contributed by atoms with Crippen molar-refractivity contribution in [2.45, 2.75) is 90.2 Å². The van der Waals surface area contributed by atoms with Crippen LogP contribution < -0.4 is 0 Å². The molecule has 0 spiro atoms. The van der Waals surface area contributed by atoms with Crippen LogP contribution in [0, 0.1) is 5.92 Å². The summed E-state index contributed by atoms with van der Waals surface area (Å²) in [7, 11) is 0. The average Bonchev–Trinajstić information content (AvgIpc) is 2.36. The molecule has 1 aliphatic rings. The Kier molecular flexibility index (Phi) is 5.55. The molecule has 0 unspecified atom stereocenters. The van der Waals surface area contributed by atoms with Gasteiger partial charge in [-0.1, -0.05) is 67.0 Å². The lowest BCUT2D eigenvalue weighted by Gasteiger charge is -2.39. The number of halogens is 1. The predicted molar refractivity (Wildman–Crippen MR) is 102 cm³/mol. The van der Waals surface area contributed by atoms with Gasteiger partial charge in [-0.15, -0.1) is 0 Å². The Balaban J connectivity index is 2.70. The summed E-state index contributed by atoms with van der Waals surface area (Å²) < 4.78 is 13.2. The van der Waals surface area contributed by atoms with Gasteiger partial charge in [0.15, 0.2) is 0 Å². The van der Waals surface area contributed by atoms with Crippen LogP contribution in [0.4, 0.5) is 3.89 Å². The zero-order valence-electron chi connectivity index (χ0n) is 15.9. The van der Waals surface area contributed by atoms with E-state index in [0.717, 1.165) is 0 Å². The third-order valence-electron chi connectivity index (χ3n) is 5.99. The van der Waals surface area contributed by atoms with E-state index in [4.69, 9.17) is 0 Å². The largest absolute Gasteiger partial charge is 0.165 e. The van der Waals surface area contributed by atoms with Crippen molar-refractivity contribution in [2.24, 2.45) is 5.92 Å². The molecule has 130 valence electrons. The lowest BCUT2D eigenvalue weighted by Crippen LogP contribution is -2.29. The smallest absolute Gasteiger partial charge is 0.0504 e. The van der Waals surface area contributed by atoms with Gasteiger partial charge in [-0.05, 0) is 57.8 Å². The van der Waals surface area contributed by atoms with Crippen LogP contribution >= 0.6 is 12.1 Å². The Hall–Kier alpha value is -0.500. The average molecular weight is 337 g/mol. The maximum absolute atomic E-state index is 13.2. The monoisotopic (exact) mass is 336 g/mol. The van der Waals surface area contributed by atoms with E-state index in [9.17, 15) is 3.89 Å².